The maximum Gasteiger partial charge on any atom is 0.251 e. The van der Waals surface area contributed by atoms with Gasteiger partial charge < -0.3 is 10.4 Å². The summed E-state index contributed by atoms with van der Waals surface area (Å²) in [5.41, 5.74) is 1.78. The van der Waals surface area contributed by atoms with Crippen molar-refractivity contribution >= 4 is 5.91 Å². The molecular formula is C18H23NO2. The zero-order valence-corrected chi connectivity index (χ0v) is 13.2. The predicted molar refractivity (Wildman–Crippen MR) is 83.8 cm³/mol. The largest absolute Gasteiger partial charge is 0.395 e. The van der Waals surface area contributed by atoms with Crippen LogP contribution in [0.5, 0.6) is 0 Å². The average molecular weight is 285 g/mol. The van der Waals surface area contributed by atoms with E-state index >= 15 is 0 Å². The summed E-state index contributed by atoms with van der Waals surface area (Å²) in [5, 5.41) is 11.8. The second-order valence-electron chi connectivity index (χ2n) is 6.70. The van der Waals surface area contributed by atoms with Crippen LogP contribution in [0.1, 0.15) is 50.0 Å². The van der Waals surface area contributed by atoms with Crippen LogP contribution in [-0.4, -0.2) is 23.7 Å². The highest BCUT2D eigenvalue weighted by Crippen LogP contribution is 2.62. The second kappa shape index (κ2) is 5.54. The van der Waals surface area contributed by atoms with Crippen molar-refractivity contribution in [2.45, 2.75) is 40.2 Å². The molecule has 0 aromatic heterocycles. The lowest BCUT2D eigenvalue weighted by atomic mass is 10.0. The van der Waals surface area contributed by atoms with Gasteiger partial charge in [0.2, 0.25) is 0 Å². The third-order valence-electron chi connectivity index (χ3n) is 4.91. The molecule has 3 heteroatoms. The van der Waals surface area contributed by atoms with Crippen LogP contribution in [0.3, 0.4) is 0 Å². The predicted octanol–water partition coefficient (Wildman–Crippen LogP) is 2.58. The fraction of sp³-hybridized carbons (Fsp3) is 0.500. The highest BCUT2D eigenvalue weighted by atomic mass is 16.2. The molecule has 1 fully saturated rings. The van der Waals surface area contributed by atoms with Gasteiger partial charge in [0, 0.05) is 23.6 Å². The molecule has 3 nitrogen and oxygen atoms in total. The first-order valence-electron chi connectivity index (χ1n) is 7.31. The van der Waals surface area contributed by atoms with Crippen molar-refractivity contribution in [3.63, 3.8) is 0 Å². The average Bonchev–Trinajstić information content (AvgIpc) is 2.82. The molecule has 0 spiro atoms. The molecule has 2 rings (SSSR count). The summed E-state index contributed by atoms with van der Waals surface area (Å²) in [6, 6.07) is 7.47. The Morgan fingerprint density at radius 3 is 2.24 bits per heavy atom. The number of rotatable bonds is 3. The van der Waals surface area contributed by atoms with E-state index in [2.05, 4.69) is 44.9 Å². The lowest BCUT2D eigenvalue weighted by Crippen LogP contribution is -2.29. The molecule has 1 aromatic rings. The Hall–Kier alpha value is -1.79. The Morgan fingerprint density at radius 1 is 1.19 bits per heavy atom. The van der Waals surface area contributed by atoms with Crippen molar-refractivity contribution in [3.8, 4) is 11.8 Å². The van der Waals surface area contributed by atoms with Gasteiger partial charge in [-0.15, -0.1) is 0 Å². The number of amides is 1. The van der Waals surface area contributed by atoms with Crippen molar-refractivity contribution in [2.75, 3.05) is 6.61 Å². The molecule has 0 bridgehead atoms. The summed E-state index contributed by atoms with van der Waals surface area (Å²) < 4.78 is 0. The first-order chi connectivity index (χ1) is 9.80. The topological polar surface area (TPSA) is 49.3 Å². The summed E-state index contributed by atoms with van der Waals surface area (Å²) >= 11 is 0. The minimum absolute atomic E-state index is 0.0338. The van der Waals surface area contributed by atoms with E-state index in [9.17, 15) is 4.79 Å². The summed E-state index contributed by atoms with van der Waals surface area (Å²) in [6.45, 7) is 8.78. The van der Waals surface area contributed by atoms with Crippen molar-refractivity contribution in [1.29, 1.82) is 0 Å². The highest BCUT2D eigenvalue weighted by Gasteiger charge is 2.65. The van der Waals surface area contributed by atoms with Crippen LogP contribution < -0.4 is 5.32 Å². The SMILES string of the molecule is CC1(C)C(NC(=O)c2ccc(C#CCCO)cc2)C1(C)C. The molecule has 0 radical (unpaired) electrons. The fourth-order valence-corrected chi connectivity index (χ4v) is 2.70. The number of aliphatic hydroxyl groups is 1. The van der Waals surface area contributed by atoms with Crippen molar-refractivity contribution in [2.24, 2.45) is 10.8 Å². The fourth-order valence-electron chi connectivity index (χ4n) is 2.70. The number of nitrogens with one attached hydrogen (secondary N) is 1. The van der Waals surface area contributed by atoms with Gasteiger partial charge in [0.05, 0.1) is 6.61 Å². The van der Waals surface area contributed by atoms with Crippen molar-refractivity contribution in [3.05, 3.63) is 35.4 Å². The third kappa shape index (κ3) is 2.96. The normalized spacial score (nSPS) is 18.5. The third-order valence-corrected chi connectivity index (χ3v) is 4.91. The second-order valence-corrected chi connectivity index (χ2v) is 6.70. The Kier molecular flexibility index (Phi) is 4.11. The molecule has 21 heavy (non-hydrogen) atoms. The number of carbonyl (C=O) groups is 1. The molecule has 1 aliphatic carbocycles. The molecule has 0 atom stereocenters. The van der Waals surface area contributed by atoms with E-state index in [4.69, 9.17) is 5.11 Å². The standard InChI is InChI=1S/C18H23NO2/c1-17(2)16(18(17,3)4)19-15(21)14-10-8-13(9-11-14)7-5-6-12-20/h8-11,16,20H,6,12H2,1-4H3,(H,19,21). The molecule has 0 saturated heterocycles. The van der Waals surface area contributed by atoms with E-state index in [0.717, 1.165) is 5.56 Å². The first-order valence-corrected chi connectivity index (χ1v) is 7.31. The van der Waals surface area contributed by atoms with Crippen molar-refractivity contribution in [1.82, 2.24) is 5.32 Å². The van der Waals surface area contributed by atoms with Crippen LogP contribution in [0.25, 0.3) is 0 Å². The van der Waals surface area contributed by atoms with Crippen LogP contribution >= 0.6 is 0 Å². The highest BCUT2D eigenvalue weighted by molar-refractivity contribution is 5.94. The van der Waals surface area contributed by atoms with Gasteiger partial charge in [0.25, 0.3) is 5.91 Å². The Bertz CT molecular complexity index is 574. The molecule has 2 N–H and O–H groups in total. The summed E-state index contributed by atoms with van der Waals surface area (Å²) in [6.07, 6.45) is 0.466. The van der Waals surface area contributed by atoms with Gasteiger partial charge in [-0.3, -0.25) is 4.79 Å². The van der Waals surface area contributed by atoms with Crippen LogP contribution in [0.2, 0.25) is 0 Å². The van der Waals surface area contributed by atoms with Gasteiger partial charge in [-0.1, -0.05) is 39.5 Å². The van der Waals surface area contributed by atoms with Gasteiger partial charge in [0.15, 0.2) is 0 Å². The Labute approximate surface area is 126 Å². The maximum absolute atomic E-state index is 12.3. The Morgan fingerprint density at radius 2 is 1.76 bits per heavy atom. The van der Waals surface area contributed by atoms with Crippen LogP contribution in [0.15, 0.2) is 24.3 Å². The number of hydrogen-bond acceptors (Lipinski definition) is 2. The molecule has 112 valence electrons. The van der Waals surface area contributed by atoms with E-state index in [1.54, 1.807) is 12.1 Å². The van der Waals surface area contributed by atoms with Crippen LogP contribution in [0, 0.1) is 22.7 Å². The van der Waals surface area contributed by atoms with Crippen LogP contribution in [0.4, 0.5) is 0 Å². The minimum Gasteiger partial charge on any atom is -0.395 e. The van der Waals surface area contributed by atoms with Gasteiger partial charge in [-0.25, -0.2) is 0 Å². The number of hydrogen-bond donors (Lipinski definition) is 2. The molecule has 0 aliphatic heterocycles. The summed E-state index contributed by atoms with van der Waals surface area (Å²) in [7, 11) is 0. The van der Waals surface area contributed by atoms with Gasteiger partial charge >= 0.3 is 0 Å². The smallest absolute Gasteiger partial charge is 0.251 e. The molecule has 0 heterocycles. The van der Waals surface area contributed by atoms with E-state index in [1.165, 1.54) is 0 Å². The molecular weight excluding hydrogens is 262 g/mol. The summed E-state index contributed by atoms with van der Waals surface area (Å²) in [5.74, 6) is 5.78. The lowest BCUT2D eigenvalue weighted by Gasteiger charge is -2.07. The monoisotopic (exact) mass is 285 g/mol. The van der Waals surface area contributed by atoms with Crippen LogP contribution in [-0.2, 0) is 0 Å². The quantitative estimate of drug-likeness (QED) is 0.839. The zero-order chi connectivity index (χ0) is 15.7. The molecule has 1 aromatic carbocycles. The van der Waals surface area contributed by atoms with Gasteiger partial charge in [-0.2, -0.15) is 0 Å². The van der Waals surface area contributed by atoms with E-state index in [-0.39, 0.29) is 29.4 Å². The lowest BCUT2D eigenvalue weighted by molar-refractivity contribution is 0.0943. The molecule has 1 saturated carbocycles. The summed E-state index contributed by atoms with van der Waals surface area (Å²) in [4.78, 5) is 12.3. The Balaban J connectivity index is 2.00. The van der Waals surface area contributed by atoms with Gasteiger partial charge in [0.1, 0.15) is 0 Å². The minimum atomic E-state index is -0.0338. The maximum atomic E-state index is 12.3. The van der Waals surface area contributed by atoms with E-state index in [0.29, 0.717) is 12.0 Å². The number of aliphatic hydroxyl groups excluding tert-OH is 1. The molecule has 1 amide bonds. The number of benzene rings is 1. The van der Waals surface area contributed by atoms with Gasteiger partial charge in [-0.05, 0) is 35.1 Å². The molecule has 1 aliphatic rings. The van der Waals surface area contributed by atoms with E-state index < -0.39 is 0 Å². The zero-order valence-electron chi connectivity index (χ0n) is 13.2. The van der Waals surface area contributed by atoms with Crippen molar-refractivity contribution < 1.29 is 9.90 Å². The van der Waals surface area contributed by atoms with E-state index in [1.807, 2.05) is 12.1 Å². The molecule has 0 unspecified atom stereocenters. The first kappa shape index (κ1) is 15.6. The number of carbonyl (C=O) groups excluding carboxylic acids is 1.